The first-order valence-corrected chi connectivity index (χ1v) is 7.63. The summed E-state index contributed by atoms with van der Waals surface area (Å²) in [7, 11) is 0. The van der Waals surface area contributed by atoms with Crippen molar-refractivity contribution >= 4 is 33.1 Å². The molecule has 2 aromatic heterocycles. The number of nitrogens with two attached hydrogens (primary N) is 1. The van der Waals surface area contributed by atoms with Crippen molar-refractivity contribution in [3.8, 4) is 0 Å². The van der Waals surface area contributed by atoms with Gasteiger partial charge in [-0.15, -0.1) is 11.3 Å². The maximum Gasteiger partial charge on any atom is 0.263 e. The smallest absolute Gasteiger partial charge is 0.263 e. The van der Waals surface area contributed by atoms with Gasteiger partial charge in [-0.05, 0) is 37.3 Å². The van der Waals surface area contributed by atoms with Crippen LogP contribution in [0.3, 0.4) is 0 Å². The number of aromatic nitrogens is 1. The molecule has 0 spiro atoms. The molecule has 1 atom stereocenters. The first-order chi connectivity index (χ1) is 9.75. The van der Waals surface area contributed by atoms with Crippen molar-refractivity contribution in [2.45, 2.75) is 19.3 Å². The number of thiophene rings is 1. The minimum atomic E-state index is -0.0833. The van der Waals surface area contributed by atoms with Gasteiger partial charge in [0.15, 0.2) is 0 Å². The fourth-order valence-electron chi connectivity index (χ4n) is 2.48. The summed E-state index contributed by atoms with van der Waals surface area (Å²) in [6.07, 6.45) is 9.38. The maximum atomic E-state index is 12.3. The van der Waals surface area contributed by atoms with Gasteiger partial charge in [0.2, 0.25) is 0 Å². The van der Waals surface area contributed by atoms with Gasteiger partial charge in [-0.2, -0.15) is 0 Å². The zero-order valence-electron chi connectivity index (χ0n) is 11.1. The normalized spacial score (nSPS) is 18.3. The summed E-state index contributed by atoms with van der Waals surface area (Å²) < 4.78 is 0.954. The van der Waals surface area contributed by atoms with Gasteiger partial charge in [-0.1, -0.05) is 12.2 Å². The van der Waals surface area contributed by atoms with E-state index < -0.39 is 0 Å². The van der Waals surface area contributed by atoms with Crippen LogP contribution in [0.1, 0.15) is 28.9 Å². The van der Waals surface area contributed by atoms with Gasteiger partial charge < -0.3 is 11.1 Å². The summed E-state index contributed by atoms with van der Waals surface area (Å²) in [6.45, 7) is 0.713. The van der Waals surface area contributed by atoms with Crippen molar-refractivity contribution in [3.63, 3.8) is 0 Å². The van der Waals surface area contributed by atoms with Gasteiger partial charge in [0.05, 0.1) is 10.4 Å². The number of rotatable bonds is 3. The lowest BCUT2D eigenvalue weighted by molar-refractivity contribution is 0.0951. The predicted octanol–water partition coefficient (Wildman–Crippen LogP) is 2.96. The first-order valence-electron chi connectivity index (χ1n) is 6.82. The van der Waals surface area contributed by atoms with Crippen LogP contribution in [0.25, 0.3) is 10.2 Å². The first kappa shape index (κ1) is 13.1. The van der Waals surface area contributed by atoms with Crippen LogP contribution in [-0.4, -0.2) is 17.4 Å². The third kappa shape index (κ3) is 2.54. The Morgan fingerprint density at radius 1 is 1.50 bits per heavy atom. The van der Waals surface area contributed by atoms with E-state index >= 15 is 0 Å². The number of carbonyl (C=O) groups is 1. The van der Waals surface area contributed by atoms with Crippen LogP contribution >= 0.6 is 11.3 Å². The summed E-state index contributed by atoms with van der Waals surface area (Å²) in [6, 6.07) is 3.79. The molecular formula is C15H17N3OS. The molecule has 0 saturated heterocycles. The highest BCUT2D eigenvalue weighted by atomic mass is 32.1. The summed E-state index contributed by atoms with van der Waals surface area (Å²) in [5, 5.41) is 3.00. The minimum absolute atomic E-state index is 0.0833. The third-order valence-corrected chi connectivity index (χ3v) is 4.78. The molecule has 2 aromatic rings. The second kappa shape index (κ2) is 5.63. The lowest BCUT2D eigenvalue weighted by Gasteiger charge is -2.17. The molecule has 1 aliphatic rings. The maximum absolute atomic E-state index is 12.3. The minimum Gasteiger partial charge on any atom is -0.396 e. The molecule has 0 bridgehead atoms. The molecule has 0 aromatic carbocycles. The fraction of sp³-hybridized carbons (Fsp3) is 0.333. The molecule has 3 N–H and O–H groups in total. The van der Waals surface area contributed by atoms with E-state index in [-0.39, 0.29) is 5.91 Å². The fourth-order valence-corrected chi connectivity index (χ4v) is 3.47. The molecule has 0 fully saturated rings. The molecule has 0 saturated carbocycles. The Bertz CT molecular complexity index is 662. The van der Waals surface area contributed by atoms with Gasteiger partial charge >= 0.3 is 0 Å². The monoisotopic (exact) mass is 287 g/mol. The highest BCUT2D eigenvalue weighted by Crippen LogP contribution is 2.31. The second-order valence-corrected chi connectivity index (χ2v) is 6.11. The van der Waals surface area contributed by atoms with E-state index in [9.17, 15) is 4.79 Å². The van der Waals surface area contributed by atoms with Crippen LogP contribution in [0.2, 0.25) is 0 Å². The number of carbonyl (C=O) groups excluding carboxylic acids is 1. The number of allylic oxidation sites excluding steroid dienone is 2. The van der Waals surface area contributed by atoms with Gasteiger partial charge in [0, 0.05) is 12.7 Å². The number of nitrogen functional groups attached to an aromatic ring is 1. The molecule has 3 rings (SSSR count). The number of nitrogens with zero attached hydrogens (tertiary/aromatic N) is 1. The van der Waals surface area contributed by atoms with E-state index in [1.807, 2.05) is 12.1 Å². The molecule has 4 nitrogen and oxygen atoms in total. The van der Waals surface area contributed by atoms with Crippen molar-refractivity contribution < 1.29 is 4.79 Å². The molecule has 1 aliphatic carbocycles. The number of amides is 1. The topological polar surface area (TPSA) is 68.0 Å². The van der Waals surface area contributed by atoms with E-state index in [0.29, 0.717) is 23.0 Å². The number of anilines is 1. The van der Waals surface area contributed by atoms with Crippen LogP contribution in [0.4, 0.5) is 5.69 Å². The van der Waals surface area contributed by atoms with E-state index in [1.54, 1.807) is 6.20 Å². The Balaban J connectivity index is 1.72. The molecule has 5 heteroatoms. The number of hydrogen-bond donors (Lipinski definition) is 2. The standard InChI is InChI=1S/C15H17N3OS/c16-12-13-11(7-4-8-17-13)20-14(12)15(19)18-9-10-5-2-1-3-6-10/h1-2,4,7-8,10H,3,5-6,9,16H2,(H,18,19). The van der Waals surface area contributed by atoms with Crippen LogP contribution in [0.5, 0.6) is 0 Å². The third-order valence-electron chi connectivity index (χ3n) is 3.62. The average molecular weight is 287 g/mol. The van der Waals surface area contributed by atoms with Crippen LogP contribution < -0.4 is 11.1 Å². The molecule has 104 valence electrons. The summed E-state index contributed by atoms with van der Waals surface area (Å²) in [5.74, 6) is 0.456. The number of nitrogens with one attached hydrogen (secondary N) is 1. The van der Waals surface area contributed by atoms with E-state index in [4.69, 9.17) is 5.73 Å². The molecule has 0 aliphatic heterocycles. The van der Waals surface area contributed by atoms with Crippen molar-refractivity contribution in [2.75, 3.05) is 12.3 Å². The van der Waals surface area contributed by atoms with Gasteiger partial charge in [-0.25, -0.2) is 0 Å². The van der Waals surface area contributed by atoms with Crippen LogP contribution in [0, 0.1) is 5.92 Å². The largest absolute Gasteiger partial charge is 0.396 e. The molecule has 20 heavy (non-hydrogen) atoms. The molecule has 0 radical (unpaired) electrons. The molecule has 2 heterocycles. The number of hydrogen-bond acceptors (Lipinski definition) is 4. The van der Waals surface area contributed by atoms with Crippen LogP contribution in [-0.2, 0) is 0 Å². The predicted molar refractivity (Wildman–Crippen MR) is 82.8 cm³/mol. The highest BCUT2D eigenvalue weighted by Gasteiger charge is 2.18. The van der Waals surface area contributed by atoms with Crippen molar-refractivity contribution in [3.05, 3.63) is 35.4 Å². The highest BCUT2D eigenvalue weighted by molar-refractivity contribution is 7.21. The Kier molecular flexibility index (Phi) is 3.69. The lowest BCUT2D eigenvalue weighted by atomic mass is 9.94. The van der Waals surface area contributed by atoms with Crippen molar-refractivity contribution in [1.29, 1.82) is 0 Å². The number of pyridine rings is 1. The second-order valence-electron chi connectivity index (χ2n) is 5.06. The van der Waals surface area contributed by atoms with E-state index in [0.717, 1.165) is 29.5 Å². The zero-order valence-corrected chi connectivity index (χ0v) is 12.0. The SMILES string of the molecule is Nc1c(C(=O)NCC2CC=CCC2)sc2cccnc12. The van der Waals surface area contributed by atoms with Gasteiger partial charge in [-0.3, -0.25) is 9.78 Å². The van der Waals surface area contributed by atoms with E-state index in [1.165, 1.54) is 11.3 Å². The summed E-state index contributed by atoms with van der Waals surface area (Å²) in [4.78, 5) is 17.1. The average Bonchev–Trinajstić information content (AvgIpc) is 2.84. The van der Waals surface area contributed by atoms with Crippen molar-refractivity contribution in [1.82, 2.24) is 10.3 Å². The van der Waals surface area contributed by atoms with Crippen molar-refractivity contribution in [2.24, 2.45) is 5.92 Å². The molecule has 1 amide bonds. The molecule has 1 unspecified atom stereocenters. The zero-order chi connectivity index (χ0) is 13.9. The summed E-state index contributed by atoms with van der Waals surface area (Å²) >= 11 is 1.41. The Hall–Kier alpha value is -1.88. The Morgan fingerprint density at radius 3 is 3.15 bits per heavy atom. The summed E-state index contributed by atoms with van der Waals surface area (Å²) in [5.41, 5.74) is 7.24. The van der Waals surface area contributed by atoms with E-state index in [2.05, 4.69) is 22.5 Å². The van der Waals surface area contributed by atoms with Gasteiger partial charge in [0.25, 0.3) is 5.91 Å². The van der Waals surface area contributed by atoms with Crippen LogP contribution in [0.15, 0.2) is 30.5 Å². The van der Waals surface area contributed by atoms with Gasteiger partial charge in [0.1, 0.15) is 10.4 Å². The quantitative estimate of drug-likeness (QED) is 0.853. The Labute approximate surface area is 121 Å². The molecular weight excluding hydrogens is 270 g/mol. The lowest BCUT2D eigenvalue weighted by Crippen LogP contribution is -2.29. The number of fused-ring (bicyclic) bond motifs is 1. The Morgan fingerprint density at radius 2 is 2.40 bits per heavy atom.